The number of rotatable bonds is 5. The van der Waals surface area contributed by atoms with Crippen molar-refractivity contribution in [3.8, 4) is 0 Å². The van der Waals surface area contributed by atoms with Crippen molar-refractivity contribution in [2.45, 2.75) is 25.8 Å². The Morgan fingerprint density at radius 2 is 2.20 bits per heavy atom. The van der Waals surface area contributed by atoms with Crippen LogP contribution in [0.2, 0.25) is 5.02 Å². The molecule has 1 atom stereocenters. The summed E-state index contributed by atoms with van der Waals surface area (Å²) in [4.78, 5) is 0.640. The van der Waals surface area contributed by atoms with Crippen LogP contribution in [0.15, 0.2) is 12.1 Å². The number of nitrogens with one attached hydrogen (secondary N) is 1. The van der Waals surface area contributed by atoms with Crippen LogP contribution in [0.5, 0.6) is 0 Å². The van der Waals surface area contributed by atoms with E-state index in [1.54, 1.807) is 0 Å². The summed E-state index contributed by atoms with van der Waals surface area (Å²) in [5.41, 5.74) is 3.15. The summed E-state index contributed by atoms with van der Waals surface area (Å²) in [7, 11) is 0. The van der Waals surface area contributed by atoms with E-state index in [0.29, 0.717) is 17.0 Å². The molecule has 2 aromatic rings. The fourth-order valence-corrected chi connectivity index (χ4v) is 2.96. The molecule has 8 heteroatoms. The second-order valence-electron chi connectivity index (χ2n) is 4.19. The molecule has 0 spiro atoms. The van der Waals surface area contributed by atoms with Crippen molar-refractivity contribution in [1.82, 2.24) is 15.0 Å². The molecular formula is C12H13ClF2N4S. The Hall–Kier alpha value is -1.15. The molecule has 1 aromatic heterocycles. The third-order valence-electron chi connectivity index (χ3n) is 2.87. The first-order valence-corrected chi connectivity index (χ1v) is 7.15. The molecule has 1 unspecified atom stereocenters. The van der Waals surface area contributed by atoms with Crippen LogP contribution < -0.4 is 11.3 Å². The minimum atomic E-state index is -1.02. The van der Waals surface area contributed by atoms with Gasteiger partial charge in [0.2, 0.25) is 0 Å². The highest BCUT2D eigenvalue weighted by Gasteiger charge is 2.26. The zero-order valence-corrected chi connectivity index (χ0v) is 12.2. The lowest BCUT2D eigenvalue weighted by atomic mass is 10.0. The number of nitrogens with two attached hydrogens (primary N) is 1. The predicted molar refractivity (Wildman–Crippen MR) is 74.4 cm³/mol. The Morgan fingerprint density at radius 1 is 1.45 bits per heavy atom. The smallest absolute Gasteiger partial charge is 0.165 e. The van der Waals surface area contributed by atoms with Crippen molar-refractivity contribution in [3.63, 3.8) is 0 Å². The predicted octanol–water partition coefficient (Wildman–Crippen LogP) is 2.97. The van der Waals surface area contributed by atoms with E-state index in [-0.39, 0.29) is 10.6 Å². The van der Waals surface area contributed by atoms with E-state index in [2.05, 4.69) is 15.0 Å². The molecule has 2 rings (SSSR count). The molecule has 0 saturated carbocycles. The number of hydrogen-bond donors (Lipinski definition) is 2. The molecule has 0 radical (unpaired) electrons. The summed E-state index contributed by atoms with van der Waals surface area (Å²) in [6.07, 6.45) is 1.54. The van der Waals surface area contributed by atoms with Gasteiger partial charge in [-0.05, 0) is 30.1 Å². The molecule has 108 valence electrons. The third kappa shape index (κ3) is 2.80. The lowest BCUT2D eigenvalue weighted by Gasteiger charge is -2.18. The maximum Gasteiger partial charge on any atom is 0.165 e. The minimum Gasteiger partial charge on any atom is -0.271 e. The fourth-order valence-electron chi connectivity index (χ4n) is 1.94. The molecule has 20 heavy (non-hydrogen) atoms. The Balaban J connectivity index is 2.53. The highest BCUT2D eigenvalue weighted by Crippen LogP contribution is 2.34. The molecule has 1 aromatic carbocycles. The van der Waals surface area contributed by atoms with E-state index in [1.165, 1.54) is 6.07 Å². The van der Waals surface area contributed by atoms with E-state index in [9.17, 15) is 8.78 Å². The molecule has 0 aliphatic carbocycles. The minimum absolute atomic E-state index is 0.0300. The van der Waals surface area contributed by atoms with E-state index < -0.39 is 17.7 Å². The lowest BCUT2D eigenvalue weighted by molar-refractivity contribution is 0.483. The first kappa shape index (κ1) is 15.2. The van der Waals surface area contributed by atoms with Gasteiger partial charge in [-0.3, -0.25) is 5.84 Å². The first-order chi connectivity index (χ1) is 9.60. The van der Waals surface area contributed by atoms with Crippen LogP contribution in [0, 0.1) is 11.6 Å². The van der Waals surface area contributed by atoms with Crippen LogP contribution in [0.25, 0.3) is 0 Å². The van der Waals surface area contributed by atoms with Crippen LogP contribution >= 0.6 is 23.1 Å². The largest absolute Gasteiger partial charge is 0.271 e. The molecule has 1 heterocycles. The van der Waals surface area contributed by atoms with Crippen LogP contribution in [0.3, 0.4) is 0 Å². The average molecular weight is 319 g/mol. The normalized spacial score (nSPS) is 12.7. The highest BCUT2D eigenvalue weighted by molar-refractivity contribution is 7.05. The Labute approximate surface area is 124 Å². The second-order valence-corrected chi connectivity index (χ2v) is 5.38. The van der Waals surface area contributed by atoms with E-state index in [0.717, 1.165) is 24.0 Å². The van der Waals surface area contributed by atoms with Gasteiger partial charge in [-0.15, -0.1) is 5.10 Å². The molecule has 0 amide bonds. The Bertz CT molecular complexity index is 605. The number of aromatic nitrogens is 2. The van der Waals surface area contributed by atoms with Crippen molar-refractivity contribution in [2.24, 2.45) is 5.84 Å². The summed E-state index contributed by atoms with van der Waals surface area (Å²) in [5, 5.41) is 4.10. The number of hydrogen-bond acceptors (Lipinski definition) is 5. The summed E-state index contributed by atoms with van der Waals surface area (Å²) in [6, 6.07) is 1.50. The number of aryl methyl sites for hydroxylation is 1. The molecule has 0 bridgehead atoms. The third-order valence-corrected chi connectivity index (χ3v) is 4.03. The quantitative estimate of drug-likeness (QED) is 0.505. The maximum absolute atomic E-state index is 14.0. The highest BCUT2D eigenvalue weighted by atomic mass is 35.5. The summed E-state index contributed by atoms with van der Waals surface area (Å²) < 4.78 is 31.3. The van der Waals surface area contributed by atoms with Crippen LogP contribution in [0.1, 0.15) is 35.5 Å². The standard InChI is InChI=1S/C12H13ClF2N4S/c1-2-3-8-12(20-19-18-8)11(17-16)9-6(13)4-5-7(14)10(9)15/h4-5,11,17H,2-3,16H2,1H3. The van der Waals surface area contributed by atoms with E-state index in [1.807, 2.05) is 6.92 Å². The van der Waals surface area contributed by atoms with Gasteiger partial charge in [-0.2, -0.15) is 0 Å². The molecule has 0 aliphatic rings. The van der Waals surface area contributed by atoms with Crippen molar-refractivity contribution >= 4 is 23.1 Å². The number of hydrazine groups is 1. The van der Waals surface area contributed by atoms with Crippen molar-refractivity contribution in [1.29, 1.82) is 0 Å². The van der Waals surface area contributed by atoms with Crippen molar-refractivity contribution in [3.05, 3.63) is 44.9 Å². The number of nitrogens with zero attached hydrogens (tertiary/aromatic N) is 2. The summed E-state index contributed by atoms with van der Waals surface area (Å²) in [6.45, 7) is 1.99. The molecule has 0 fully saturated rings. The zero-order valence-electron chi connectivity index (χ0n) is 10.7. The monoisotopic (exact) mass is 318 g/mol. The molecule has 3 N–H and O–H groups in total. The van der Waals surface area contributed by atoms with Gasteiger partial charge in [0.05, 0.1) is 16.6 Å². The van der Waals surface area contributed by atoms with Crippen LogP contribution in [-0.2, 0) is 6.42 Å². The molecule has 0 aliphatic heterocycles. The molecular weight excluding hydrogens is 306 g/mol. The van der Waals surface area contributed by atoms with Crippen LogP contribution in [0.4, 0.5) is 8.78 Å². The lowest BCUT2D eigenvalue weighted by Crippen LogP contribution is -2.30. The van der Waals surface area contributed by atoms with Gasteiger partial charge >= 0.3 is 0 Å². The number of benzene rings is 1. The second kappa shape index (κ2) is 6.53. The van der Waals surface area contributed by atoms with Gasteiger partial charge in [0, 0.05) is 10.6 Å². The molecule has 4 nitrogen and oxygen atoms in total. The van der Waals surface area contributed by atoms with E-state index in [4.69, 9.17) is 17.4 Å². The number of halogens is 3. The van der Waals surface area contributed by atoms with E-state index >= 15 is 0 Å². The summed E-state index contributed by atoms with van der Waals surface area (Å²) >= 11 is 7.07. The van der Waals surface area contributed by atoms with Gasteiger partial charge in [0.1, 0.15) is 0 Å². The topological polar surface area (TPSA) is 63.8 Å². The molecule has 0 saturated heterocycles. The maximum atomic E-state index is 14.0. The van der Waals surface area contributed by atoms with Crippen molar-refractivity contribution < 1.29 is 8.78 Å². The van der Waals surface area contributed by atoms with Gasteiger partial charge < -0.3 is 0 Å². The first-order valence-electron chi connectivity index (χ1n) is 6.00. The van der Waals surface area contributed by atoms with Gasteiger partial charge in [0.15, 0.2) is 11.6 Å². The summed E-state index contributed by atoms with van der Waals surface area (Å²) in [5.74, 6) is 3.51. The Kier molecular flexibility index (Phi) is 4.98. The Morgan fingerprint density at radius 3 is 2.85 bits per heavy atom. The van der Waals surface area contributed by atoms with Gasteiger partial charge in [-0.25, -0.2) is 14.2 Å². The van der Waals surface area contributed by atoms with Crippen molar-refractivity contribution in [2.75, 3.05) is 0 Å². The van der Waals surface area contributed by atoms with Crippen LogP contribution in [-0.4, -0.2) is 9.59 Å². The van der Waals surface area contributed by atoms with Gasteiger partial charge in [0.25, 0.3) is 0 Å². The average Bonchev–Trinajstić information content (AvgIpc) is 2.88. The SMILES string of the molecule is CCCc1nnsc1C(NN)c1c(Cl)ccc(F)c1F. The fraction of sp³-hybridized carbons (Fsp3) is 0.333. The zero-order chi connectivity index (χ0) is 14.7. The van der Waals surface area contributed by atoms with Gasteiger partial charge in [-0.1, -0.05) is 29.4 Å².